The number of rotatable bonds is 8. The third-order valence-electron chi connectivity index (χ3n) is 1.94. The molecular formula is C13H21NO2. The van der Waals surface area contributed by atoms with Gasteiger partial charge in [0.25, 0.3) is 0 Å². The second-order valence-corrected chi connectivity index (χ2v) is 3.48. The van der Waals surface area contributed by atoms with E-state index in [1.165, 1.54) is 5.06 Å². The lowest BCUT2D eigenvalue weighted by Crippen LogP contribution is -2.28. The SMILES string of the molecule is C=CCN(CC=C)OC(=O)C(C)=CCCC. The molecular weight excluding hydrogens is 202 g/mol. The molecule has 3 heteroatoms. The van der Waals surface area contributed by atoms with E-state index in [0.717, 1.165) is 12.8 Å². The molecule has 0 aromatic rings. The van der Waals surface area contributed by atoms with E-state index in [9.17, 15) is 4.79 Å². The van der Waals surface area contributed by atoms with Gasteiger partial charge in [0.05, 0.1) is 13.1 Å². The minimum atomic E-state index is -0.308. The lowest BCUT2D eigenvalue weighted by molar-refractivity contribution is -0.180. The molecule has 0 radical (unpaired) electrons. The predicted molar refractivity (Wildman–Crippen MR) is 66.7 cm³/mol. The number of hydrogen-bond acceptors (Lipinski definition) is 3. The Bertz CT molecular complexity index is 259. The van der Waals surface area contributed by atoms with Crippen molar-refractivity contribution in [1.82, 2.24) is 5.06 Å². The maximum atomic E-state index is 11.6. The second-order valence-electron chi connectivity index (χ2n) is 3.48. The van der Waals surface area contributed by atoms with Crippen molar-refractivity contribution in [2.75, 3.05) is 13.1 Å². The standard InChI is InChI=1S/C13H21NO2/c1-5-8-9-12(4)13(15)16-14(10-6-2)11-7-3/h6-7,9H,2-3,5,8,10-11H2,1,4H3. The van der Waals surface area contributed by atoms with Crippen LogP contribution in [0.5, 0.6) is 0 Å². The molecule has 0 heterocycles. The van der Waals surface area contributed by atoms with Gasteiger partial charge in [-0.1, -0.05) is 31.6 Å². The predicted octanol–water partition coefficient (Wildman–Crippen LogP) is 2.87. The number of carbonyl (C=O) groups excluding carboxylic acids is 1. The molecule has 0 aliphatic carbocycles. The maximum Gasteiger partial charge on any atom is 0.352 e. The Hall–Kier alpha value is -1.35. The summed E-state index contributed by atoms with van der Waals surface area (Å²) in [5.74, 6) is -0.308. The number of allylic oxidation sites excluding steroid dienone is 1. The molecule has 0 N–H and O–H groups in total. The normalized spacial score (nSPS) is 11.3. The number of hydrogen-bond donors (Lipinski definition) is 0. The van der Waals surface area contributed by atoms with E-state index in [-0.39, 0.29) is 5.97 Å². The molecule has 0 aliphatic rings. The van der Waals surface area contributed by atoms with E-state index in [1.807, 2.05) is 6.08 Å². The summed E-state index contributed by atoms with van der Waals surface area (Å²) in [5.41, 5.74) is 0.639. The molecule has 0 saturated carbocycles. The molecule has 0 bridgehead atoms. The minimum Gasteiger partial charge on any atom is -0.364 e. The van der Waals surface area contributed by atoms with E-state index < -0.39 is 0 Å². The topological polar surface area (TPSA) is 29.5 Å². The zero-order valence-corrected chi connectivity index (χ0v) is 10.2. The second kappa shape index (κ2) is 8.92. The minimum absolute atomic E-state index is 0.308. The summed E-state index contributed by atoms with van der Waals surface area (Å²) >= 11 is 0. The molecule has 0 aromatic carbocycles. The van der Waals surface area contributed by atoms with Gasteiger partial charge in [-0.25, -0.2) is 4.79 Å². The van der Waals surface area contributed by atoms with Crippen LogP contribution < -0.4 is 0 Å². The van der Waals surface area contributed by atoms with Gasteiger partial charge in [0, 0.05) is 5.57 Å². The van der Waals surface area contributed by atoms with Crippen LogP contribution >= 0.6 is 0 Å². The molecule has 0 unspecified atom stereocenters. The van der Waals surface area contributed by atoms with E-state index in [0.29, 0.717) is 18.7 Å². The van der Waals surface area contributed by atoms with Crippen LogP contribution in [-0.2, 0) is 9.63 Å². The zero-order chi connectivity index (χ0) is 12.4. The smallest absolute Gasteiger partial charge is 0.352 e. The molecule has 3 nitrogen and oxygen atoms in total. The van der Waals surface area contributed by atoms with Gasteiger partial charge in [-0.3, -0.25) is 0 Å². The summed E-state index contributed by atoms with van der Waals surface area (Å²) in [6, 6.07) is 0. The van der Waals surface area contributed by atoms with Crippen LogP contribution in [0.4, 0.5) is 0 Å². The van der Waals surface area contributed by atoms with Gasteiger partial charge in [-0.15, -0.1) is 18.2 Å². The summed E-state index contributed by atoms with van der Waals surface area (Å²) < 4.78 is 0. The van der Waals surface area contributed by atoms with E-state index in [1.54, 1.807) is 19.1 Å². The Morgan fingerprint density at radius 2 is 1.88 bits per heavy atom. The van der Waals surface area contributed by atoms with Crippen molar-refractivity contribution in [2.45, 2.75) is 26.7 Å². The average molecular weight is 223 g/mol. The molecule has 0 rings (SSSR count). The number of unbranched alkanes of at least 4 members (excludes halogenated alkanes) is 1. The van der Waals surface area contributed by atoms with Crippen LogP contribution in [0.2, 0.25) is 0 Å². The maximum absolute atomic E-state index is 11.6. The molecule has 0 spiro atoms. The average Bonchev–Trinajstić information content (AvgIpc) is 2.26. The fourth-order valence-corrected chi connectivity index (χ4v) is 1.07. The van der Waals surface area contributed by atoms with Gasteiger partial charge in [-0.2, -0.15) is 0 Å². The number of carbonyl (C=O) groups is 1. The van der Waals surface area contributed by atoms with Crippen LogP contribution in [0.3, 0.4) is 0 Å². The van der Waals surface area contributed by atoms with Gasteiger partial charge in [-0.05, 0) is 13.3 Å². The third kappa shape index (κ3) is 6.19. The highest BCUT2D eigenvalue weighted by Gasteiger charge is 2.10. The van der Waals surface area contributed by atoms with E-state index in [4.69, 9.17) is 4.84 Å². The third-order valence-corrected chi connectivity index (χ3v) is 1.94. The molecule has 90 valence electrons. The van der Waals surface area contributed by atoms with Crippen LogP contribution in [0.15, 0.2) is 37.0 Å². The molecule has 0 fully saturated rings. The largest absolute Gasteiger partial charge is 0.364 e. The fourth-order valence-electron chi connectivity index (χ4n) is 1.07. The van der Waals surface area contributed by atoms with Crippen molar-refractivity contribution < 1.29 is 9.63 Å². The summed E-state index contributed by atoms with van der Waals surface area (Å²) in [6.07, 6.45) is 7.17. The van der Waals surface area contributed by atoms with Gasteiger partial charge >= 0.3 is 5.97 Å². The van der Waals surface area contributed by atoms with Crippen LogP contribution in [-0.4, -0.2) is 24.1 Å². The lowest BCUT2D eigenvalue weighted by Gasteiger charge is -2.17. The molecule has 0 atom stereocenters. The van der Waals surface area contributed by atoms with Crippen molar-refractivity contribution in [3.8, 4) is 0 Å². The monoisotopic (exact) mass is 223 g/mol. The first-order valence-electron chi connectivity index (χ1n) is 5.51. The van der Waals surface area contributed by atoms with Gasteiger partial charge in [0.2, 0.25) is 0 Å². The Labute approximate surface area is 98.0 Å². The van der Waals surface area contributed by atoms with Crippen LogP contribution in [0, 0.1) is 0 Å². The Balaban J connectivity index is 4.26. The van der Waals surface area contributed by atoms with E-state index >= 15 is 0 Å². The van der Waals surface area contributed by atoms with Crippen LogP contribution in [0.1, 0.15) is 26.7 Å². The molecule has 0 amide bonds. The summed E-state index contributed by atoms with van der Waals surface area (Å²) in [7, 11) is 0. The van der Waals surface area contributed by atoms with Gasteiger partial charge in [0.1, 0.15) is 0 Å². The number of hydroxylamine groups is 2. The van der Waals surface area contributed by atoms with Crippen molar-refractivity contribution in [3.63, 3.8) is 0 Å². The van der Waals surface area contributed by atoms with Crippen molar-refractivity contribution in [3.05, 3.63) is 37.0 Å². The molecule has 16 heavy (non-hydrogen) atoms. The van der Waals surface area contributed by atoms with Crippen molar-refractivity contribution in [2.24, 2.45) is 0 Å². The zero-order valence-electron chi connectivity index (χ0n) is 10.2. The summed E-state index contributed by atoms with van der Waals surface area (Å²) in [5, 5.41) is 1.52. The van der Waals surface area contributed by atoms with Gasteiger partial charge < -0.3 is 4.84 Å². The lowest BCUT2D eigenvalue weighted by atomic mass is 10.2. The molecule has 0 saturated heterocycles. The summed E-state index contributed by atoms with van der Waals surface area (Å²) in [4.78, 5) is 16.8. The first-order valence-corrected chi connectivity index (χ1v) is 5.51. The van der Waals surface area contributed by atoms with Crippen LogP contribution in [0.25, 0.3) is 0 Å². The van der Waals surface area contributed by atoms with Gasteiger partial charge in [0.15, 0.2) is 0 Å². The van der Waals surface area contributed by atoms with Crippen molar-refractivity contribution >= 4 is 5.97 Å². The fraction of sp³-hybridized carbons (Fsp3) is 0.462. The quantitative estimate of drug-likeness (QED) is 0.360. The molecule has 0 aromatic heterocycles. The van der Waals surface area contributed by atoms with E-state index in [2.05, 4.69) is 20.1 Å². The number of nitrogens with zero attached hydrogens (tertiary/aromatic N) is 1. The highest BCUT2D eigenvalue weighted by atomic mass is 16.7. The molecule has 0 aliphatic heterocycles. The Kier molecular flexibility index (Phi) is 8.17. The Morgan fingerprint density at radius 1 is 1.31 bits per heavy atom. The first kappa shape index (κ1) is 14.6. The first-order chi connectivity index (χ1) is 7.65. The highest BCUT2D eigenvalue weighted by molar-refractivity contribution is 5.87. The van der Waals surface area contributed by atoms with Crippen molar-refractivity contribution in [1.29, 1.82) is 0 Å². The highest BCUT2D eigenvalue weighted by Crippen LogP contribution is 2.03. The Morgan fingerprint density at radius 3 is 2.31 bits per heavy atom. The summed E-state index contributed by atoms with van der Waals surface area (Å²) in [6.45, 7) is 12.0.